The molecule has 0 unspecified atom stereocenters. The molecule has 1 N–H and O–H groups in total. The minimum Gasteiger partial charge on any atom is -0.478 e. The van der Waals surface area contributed by atoms with Crippen molar-refractivity contribution in [2.24, 2.45) is 5.92 Å². The van der Waals surface area contributed by atoms with Crippen molar-refractivity contribution in [1.29, 1.82) is 0 Å². The zero-order chi connectivity index (χ0) is 15.0. The quantitative estimate of drug-likeness (QED) is 0.919. The molecule has 0 aromatic carbocycles. The molecule has 2 aliphatic rings. The minimum atomic E-state index is -0.865. The van der Waals surface area contributed by atoms with E-state index in [-0.39, 0.29) is 0 Å². The van der Waals surface area contributed by atoms with Crippen molar-refractivity contribution in [1.82, 2.24) is 9.88 Å². The molecule has 3 rings (SSSR count). The predicted molar refractivity (Wildman–Crippen MR) is 81.8 cm³/mol. The number of carboxylic acid groups (broad SMARTS) is 1. The first-order chi connectivity index (χ1) is 10.1. The summed E-state index contributed by atoms with van der Waals surface area (Å²) >= 11 is 0. The second kappa shape index (κ2) is 5.64. The van der Waals surface area contributed by atoms with Crippen LogP contribution in [0.1, 0.15) is 40.7 Å². The van der Waals surface area contributed by atoms with E-state index in [2.05, 4.69) is 9.88 Å². The Balaban J connectivity index is 1.86. The number of carboxylic acids is 1. The van der Waals surface area contributed by atoms with Crippen LogP contribution in [0.15, 0.2) is 6.20 Å². The molecular formula is C16H23N3O2. The molecule has 1 fully saturated rings. The molecule has 0 atom stereocenters. The third-order valence-electron chi connectivity index (χ3n) is 4.71. The number of hydrogen-bond acceptors (Lipinski definition) is 4. The highest BCUT2D eigenvalue weighted by atomic mass is 16.4. The van der Waals surface area contributed by atoms with Crippen molar-refractivity contribution in [3.8, 4) is 0 Å². The molecule has 1 aromatic heterocycles. The molecule has 1 saturated carbocycles. The van der Waals surface area contributed by atoms with E-state index in [0.717, 1.165) is 43.1 Å². The molecule has 2 heterocycles. The van der Waals surface area contributed by atoms with Crippen LogP contribution in [-0.2, 0) is 13.0 Å². The van der Waals surface area contributed by atoms with Gasteiger partial charge in [-0.3, -0.25) is 4.90 Å². The standard InChI is InChI=1S/C16H23N3O2/c1-18(2)15-14(16(20)21)13-6-7-19(9-11-4-3-5-11)10-12(13)8-17-15/h8,11H,3-7,9-10H2,1-2H3,(H,20,21). The molecule has 1 aliphatic carbocycles. The van der Waals surface area contributed by atoms with Crippen LogP contribution in [0.4, 0.5) is 5.82 Å². The molecule has 0 amide bonds. The topological polar surface area (TPSA) is 56.7 Å². The van der Waals surface area contributed by atoms with E-state index < -0.39 is 5.97 Å². The highest BCUT2D eigenvalue weighted by Crippen LogP contribution is 2.31. The summed E-state index contributed by atoms with van der Waals surface area (Å²) in [5.74, 6) is 0.545. The van der Waals surface area contributed by atoms with Crippen molar-refractivity contribution < 1.29 is 9.90 Å². The first kappa shape index (κ1) is 14.3. The first-order valence-corrected chi connectivity index (χ1v) is 7.70. The Bertz CT molecular complexity index is 553. The summed E-state index contributed by atoms with van der Waals surface area (Å²) < 4.78 is 0. The molecule has 1 aromatic rings. The number of aromatic carboxylic acids is 1. The first-order valence-electron chi connectivity index (χ1n) is 7.70. The van der Waals surface area contributed by atoms with Gasteiger partial charge in [0.05, 0.1) is 0 Å². The van der Waals surface area contributed by atoms with Crippen LogP contribution < -0.4 is 4.90 Å². The van der Waals surface area contributed by atoms with E-state index in [1.807, 2.05) is 20.3 Å². The van der Waals surface area contributed by atoms with E-state index in [9.17, 15) is 9.90 Å². The average molecular weight is 289 g/mol. The summed E-state index contributed by atoms with van der Waals surface area (Å²) in [6.45, 7) is 2.95. The number of nitrogens with zero attached hydrogens (tertiary/aromatic N) is 3. The summed E-state index contributed by atoms with van der Waals surface area (Å²) in [7, 11) is 3.68. The van der Waals surface area contributed by atoms with E-state index in [1.54, 1.807) is 4.90 Å². The van der Waals surface area contributed by atoms with Gasteiger partial charge in [-0.15, -0.1) is 0 Å². The van der Waals surface area contributed by atoms with Crippen LogP contribution in [-0.4, -0.2) is 48.1 Å². The molecule has 5 nitrogen and oxygen atoms in total. The summed E-state index contributed by atoms with van der Waals surface area (Å²) in [6.07, 6.45) is 6.74. The molecule has 21 heavy (non-hydrogen) atoms. The van der Waals surface area contributed by atoms with Gasteiger partial charge < -0.3 is 10.0 Å². The third kappa shape index (κ3) is 2.75. The molecule has 0 saturated heterocycles. The van der Waals surface area contributed by atoms with E-state index >= 15 is 0 Å². The van der Waals surface area contributed by atoms with Gasteiger partial charge in [-0.2, -0.15) is 0 Å². The van der Waals surface area contributed by atoms with Crippen molar-refractivity contribution in [2.75, 3.05) is 32.1 Å². The maximum Gasteiger partial charge on any atom is 0.339 e. The lowest BCUT2D eigenvalue weighted by molar-refractivity contribution is 0.0694. The van der Waals surface area contributed by atoms with Crippen molar-refractivity contribution in [3.63, 3.8) is 0 Å². The lowest BCUT2D eigenvalue weighted by atomic mass is 9.84. The summed E-state index contributed by atoms with van der Waals surface area (Å²) in [5, 5.41) is 9.55. The zero-order valence-corrected chi connectivity index (χ0v) is 12.8. The second-order valence-corrected chi connectivity index (χ2v) is 6.44. The van der Waals surface area contributed by atoms with Crippen LogP contribution >= 0.6 is 0 Å². The van der Waals surface area contributed by atoms with Crippen LogP contribution in [0.2, 0.25) is 0 Å². The number of anilines is 1. The fourth-order valence-electron chi connectivity index (χ4n) is 3.35. The number of pyridine rings is 1. The SMILES string of the molecule is CN(C)c1ncc2c(c1C(=O)O)CCN(CC1CCC1)C2. The van der Waals surface area contributed by atoms with Crippen molar-refractivity contribution >= 4 is 11.8 Å². The van der Waals surface area contributed by atoms with Crippen LogP contribution in [0.5, 0.6) is 0 Å². The third-order valence-corrected chi connectivity index (χ3v) is 4.71. The monoisotopic (exact) mass is 289 g/mol. The molecule has 0 bridgehead atoms. The Morgan fingerprint density at radius 3 is 2.81 bits per heavy atom. The molecular weight excluding hydrogens is 266 g/mol. The van der Waals surface area contributed by atoms with Gasteiger partial charge in [-0.05, 0) is 36.3 Å². The molecule has 5 heteroatoms. The van der Waals surface area contributed by atoms with Crippen molar-refractivity contribution in [2.45, 2.75) is 32.2 Å². The lowest BCUT2D eigenvalue weighted by Crippen LogP contribution is -2.37. The van der Waals surface area contributed by atoms with E-state index in [4.69, 9.17) is 0 Å². The second-order valence-electron chi connectivity index (χ2n) is 6.44. The maximum absolute atomic E-state index is 11.6. The fraction of sp³-hybridized carbons (Fsp3) is 0.625. The van der Waals surface area contributed by atoms with Gasteiger partial charge >= 0.3 is 5.97 Å². The highest BCUT2D eigenvalue weighted by Gasteiger charge is 2.28. The summed E-state index contributed by atoms with van der Waals surface area (Å²) in [6, 6.07) is 0. The number of hydrogen-bond donors (Lipinski definition) is 1. The molecule has 0 radical (unpaired) electrons. The van der Waals surface area contributed by atoms with E-state index in [1.165, 1.54) is 19.3 Å². The largest absolute Gasteiger partial charge is 0.478 e. The van der Waals surface area contributed by atoms with Gasteiger partial charge in [0.1, 0.15) is 11.4 Å². The van der Waals surface area contributed by atoms with Gasteiger partial charge in [-0.25, -0.2) is 9.78 Å². The van der Waals surface area contributed by atoms with Gasteiger partial charge in [-0.1, -0.05) is 6.42 Å². The Kier molecular flexibility index (Phi) is 3.85. The Labute approximate surface area is 125 Å². The number of rotatable bonds is 4. The van der Waals surface area contributed by atoms with Gasteiger partial charge in [0, 0.05) is 39.9 Å². The summed E-state index contributed by atoms with van der Waals surface area (Å²) in [4.78, 5) is 20.2. The average Bonchev–Trinajstić information content (AvgIpc) is 2.41. The lowest BCUT2D eigenvalue weighted by Gasteiger charge is -2.35. The minimum absolute atomic E-state index is 0.390. The summed E-state index contributed by atoms with van der Waals surface area (Å²) in [5.41, 5.74) is 2.45. The number of aromatic nitrogens is 1. The highest BCUT2D eigenvalue weighted by molar-refractivity contribution is 5.95. The Hall–Kier alpha value is -1.62. The number of carbonyl (C=O) groups is 1. The van der Waals surface area contributed by atoms with Crippen LogP contribution in [0.25, 0.3) is 0 Å². The Morgan fingerprint density at radius 2 is 2.24 bits per heavy atom. The van der Waals surface area contributed by atoms with Crippen LogP contribution in [0.3, 0.4) is 0 Å². The van der Waals surface area contributed by atoms with Gasteiger partial charge in [0.2, 0.25) is 0 Å². The fourth-order valence-corrected chi connectivity index (χ4v) is 3.35. The zero-order valence-electron chi connectivity index (χ0n) is 12.8. The smallest absolute Gasteiger partial charge is 0.339 e. The molecule has 114 valence electrons. The van der Waals surface area contributed by atoms with Gasteiger partial charge in [0.25, 0.3) is 0 Å². The van der Waals surface area contributed by atoms with E-state index in [0.29, 0.717) is 11.4 Å². The molecule has 1 aliphatic heterocycles. The predicted octanol–water partition coefficient (Wildman–Crippen LogP) is 2.00. The van der Waals surface area contributed by atoms with Gasteiger partial charge in [0.15, 0.2) is 0 Å². The maximum atomic E-state index is 11.6. The molecule has 0 spiro atoms. The van der Waals surface area contributed by atoms with Crippen molar-refractivity contribution in [3.05, 3.63) is 22.9 Å². The normalized spacial score (nSPS) is 19.0. The number of fused-ring (bicyclic) bond motifs is 1. The van der Waals surface area contributed by atoms with Crippen LogP contribution in [0, 0.1) is 5.92 Å². The Morgan fingerprint density at radius 1 is 1.48 bits per heavy atom.